The van der Waals surface area contributed by atoms with E-state index in [1.54, 1.807) is 6.20 Å². The number of aromatic amines is 1. The van der Waals surface area contributed by atoms with Crippen molar-refractivity contribution in [2.45, 2.75) is 32.1 Å². The third-order valence-electron chi connectivity index (χ3n) is 3.83. The molecule has 0 aliphatic carbocycles. The second kappa shape index (κ2) is 7.54. The average Bonchev–Trinajstić information content (AvgIpc) is 3.00. The predicted octanol–water partition coefficient (Wildman–Crippen LogP) is 5.12. The molecular formula is C18H20BrN3. The minimum Gasteiger partial charge on any atom is -0.337 e. The molecule has 1 aromatic carbocycles. The minimum atomic E-state index is 0.849. The van der Waals surface area contributed by atoms with E-state index in [2.05, 4.69) is 44.1 Å². The van der Waals surface area contributed by atoms with Crippen LogP contribution < -0.4 is 0 Å². The molecule has 0 saturated carbocycles. The van der Waals surface area contributed by atoms with Crippen LogP contribution in [-0.4, -0.2) is 20.3 Å². The third kappa shape index (κ3) is 3.55. The predicted molar refractivity (Wildman–Crippen MR) is 95.3 cm³/mol. The van der Waals surface area contributed by atoms with Gasteiger partial charge in [-0.15, -0.1) is 0 Å². The van der Waals surface area contributed by atoms with E-state index in [1.807, 2.05) is 18.2 Å². The maximum Gasteiger partial charge on any atom is 0.157 e. The van der Waals surface area contributed by atoms with Crippen LogP contribution in [0.15, 0.2) is 42.6 Å². The van der Waals surface area contributed by atoms with Gasteiger partial charge in [0.15, 0.2) is 5.82 Å². The van der Waals surface area contributed by atoms with Crippen molar-refractivity contribution in [2.75, 3.05) is 5.33 Å². The molecule has 0 atom stereocenters. The molecule has 4 heteroatoms. The number of halogens is 1. The molecule has 2 aromatic heterocycles. The number of hydrogen-bond donors (Lipinski definition) is 1. The first kappa shape index (κ1) is 15.2. The molecule has 1 N–H and O–H groups in total. The molecule has 3 nitrogen and oxygen atoms in total. The molecule has 3 aromatic rings. The Morgan fingerprint density at radius 3 is 2.68 bits per heavy atom. The summed E-state index contributed by atoms with van der Waals surface area (Å²) in [6.07, 6.45) is 7.94. The highest BCUT2D eigenvalue weighted by Crippen LogP contribution is 2.23. The van der Waals surface area contributed by atoms with Gasteiger partial charge in [-0.25, -0.2) is 4.98 Å². The van der Waals surface area contributed by atoms with Gasteiger partial charge in [-0.3, -0.25) is 4.98 Å². The molecular weight excluding hydrogens is 338 g/mol. The highest BCUT2D eigenvalue weighted by Gasteiger charge is 2.09. The summed E-state index contributed by atoms with van der Waals surface area (Å²) in [5.41, 5.74) is 4.40. The normalized spacial score (nSPS) is 11.1. The van der Waals surface area contributed by atoms with Gasteiger partial charge in [0.2, 0.25) is 0 Å². The Balaban J connectivity index is 1.78. The Kier molecular flexibility index (Phi) is 5.22. The molecule has 0 unspecified atom stereocenters. The van der Waals surface area contributed by atoms with Crippen LogP contribution in [0.25, 0.3) is 22.6 Å². The number of para-hydroxylation sites is 1. The van der Waals surface area contributed by atoms with Crippen LogP contribution in [0.3, 0.4) is 0 Å². The molecule has 0 radical (unpaired) electrons. The fraction of sp³-hybridized carbons (Fsp3) is 0.333. The van der Waals surface area contributed by atoms with Gasteiger partial charge in [0.1, 0.15) is 5.69 Å². The first-order valence-corrected chi connectivity index (χ1v) is 8.95. The Hall–Kier alpha value is -1.68. The van der Waals surface area contributed by atoms with Crippen molar-refractivity contribution < 1.29 is 0 Å². The van der Waals surface area contributed by atoms with E-state index in [1.165, 1.54) is 31.2 Å². The maximum absolute atomic E-state index is 4.77. The molecule has 22 heavy (non-hydrogen) atoms. The topological polar surface area (TPSA) is 41.6 Å². The summed E-state index contributed by atoms with van der Waals surface area (Å²) in [6, 6.07) is 12.3. The number of alkyl halides is 1. The van der Waals surface area contributed by atoms with Crippen molar-refractivity contribution in [1.29, 1.82) is 0 Å². The van der Waals surface area contributed by atoms with Crippen molar-refractivity contribution in [3.05, 3.63) is 48.2 Å². The summed E-state index contributed by atoms with van der Waals surface area (Å²) in [6.45, 7) is 0. The monoisotopic (exact) mass is 357 g/mol. The lowest BCUT2D eigenvalue weighted by atomic mass is 10.1. The molecule has 0 aliphatic rings. The second-order valence-corrected chi connectivity index (χ2v) is 6.26. The Morgan fingerprint density at radius 2 is 1.86 bits per heavy atom. The number of nitrogens with one attached hydrogen (secondary N) is 1. The van der Waals surface area contributed by atoms with Gasteiger partial charge in [0.05, 0.1) is 11.0 Å². The van der Waals surface area contributed by atoms with Gasteiger partial charge >= 0.3 is 0 Å². The number of pyridine rings is 1. The van der Waals surface area contributed by atoms with Gasteiger partial charge in [-0.1, -0.05) is 47.0 Å². The number of unbranched alkanes of at least 4 members (excludes halogenated alkanes) is 3. The fourth-order valence-electron chi connectivity index (χ4n) is 2.68. The maximum atomic E-state index is 4.77. The lowest BCUT2D eigenvalue weighted by Crippen LogP contribution is -1.88. The van der Waals surface area contributed by atoms with Gasteiger partial charge in [0, 0.05) is 11.5 Å². The van der Waals surface area contributed by atoms with Crippen LogP contribution in [-0.2, 0) is 6.42 Å². The second-order valence-electron chi connectivity index (χ2n) is 5.47. The Labute approximate surface area is 139 Å². The molecule has 3 rings (SSSR count). The summed E-state index contributed by atoms with van der Waals surface area (Å²) >= 11 is 3.48. The van der Waals surface area contributed by atoms with Gasteiger partial charge in [-0.05, 0) is 43.0 Å². The quantitative estimate of drug-likeness (QED) is 0.470. The molecule has 0 aliphatic heterocycles. The summed E-state index contributed by atoms with van der Waals surface area (Å²) in [4.78, 5) is 12.5. The lowest BCUT2D eigenvalue weighted by Gasteiger charge is -2.02. The number of hydrogen-bond acceptors (Lipinski definition) is 2. The summed E-state index contributed by atoms with van der Waals surface area (Å²) in [5.74, 6) is 0.849. The summed E-state index contributed by atoms with van der Waals surface area (Å²) in [5, 5.41) is 1.11. The van der Waals surface area contributed by atoms with E-state index < -0.39 is 0 Å². The number of H-pyrrole nitrogens is 1. The number of fused-ring (bicyclic) bond motifs is 1. The van der Waals surface area contributed by atoms with Crippen LogP contribution in [0.1, 0.15) is 31.2 Å². The van der Waals surface area contributed by atoms with Gasteiger partial charge in [0.25, 0.3) is 0 Å². The van der Waals surface area contributed by atoms with E-state index in [9.17, 15) is 0 Å². The van der Waals surface area contributed by atoms with E-state index in [0.717, 1.165) is 34.3 Å². The molecule has 0 fully saturated rings. The molecule has 0 spiro atoms. The van der Waals surface area contributed by atoms with E-state index in [4.69, 9.17) is 4.98 Å². The van der Waals surface area contributed by atoms with E-state index in [-0.39, 0.29) is 0 Å². The largest absolute Gasteiger partial charge is 0.337 e. The molecule has 0 bridgehead atoms. The minimum absolute atomic E-state index is 0.849. The zero-order valence-corrected chi connectivity index (χ0v) is 14.1. The lowest BCUT2D eigenvalue weighted by molar-refractivity contribution is 0.673. The van der Waals surface area contributed by atoms with Crippen molar-refractivity contribution in [1.82, 2.24) is 15.0 Å². The third-order valence-corrected chi connectivity index (χ3v) is 4.39. The van der Waals surface area contributed by atoms with Crippen LogP contribution >= 0.6 is 15.9 Å². The highest BCUT2D eigenvalue weighted by atomic mass is 79.9. The summed E-state index contributed by atoms with van der Waals surface area (Å²) < 4.78 is 0. The highest BCUT2D eigenvalue weighted by molar-refractivity contribution is 9.09. The number of aryl methyl sites for hydroxylation is 1. The molecule has 114 valence electrons. The van der Waals surface area contributed by atoms with Gasteiger partial charge < -0.3 is 4.98 Å². The van der Waals surface area contributed by atoms with Crippen molar-refractivity contribution in [2.24, 2.45) is 0 Å². The van der Waals surface area contributed by atoms with Gasteiger partial charge in [-0.2, -0.15) is 0 Å². The summed E-state index contributed by atoms with van der Waals surface area (Å²) in [7, 11) is 0. The van der Waals surface area contributed by atoms with Crippen LogP contribution in [0.2, 0.25) is 0 Å². The van der Waals surface area contributed by atoms with Crippen LogP contribution in [0, 0.1) is 0 Å². The first-order valence-electron chi connectivity index (χ1n) is 7.83. The zero-order chi connectivity index (χ0) is 15.2. The standard InChI is InChI=1S/C18H20BrN3/c19-12-5-2-1-3-8-14-9-7-11-15-17(14)22-18(21-15)16-10-4-6-13-20-16/h4,6-7,9-11,13H,1-3,5,8,12H2,(H,21,22). The molecule has 0 saturated heterocycles. The number of nitrogens with zero attached hydrogens (tertiary/aromatic N) is 2. The van der Waals surface area contributed by atoms with Crippen molar-refractivity contribution >= 4 is 27.0 Å². The van der Waals surface area contributed by atoms with Crippen molar-refractivity contribution in [3.63, 3.8) is 0 Å². The number of benzene rings is 1. The first-order chi connectivity index (χ1) is 10.9. The van der Waals surface area contributed by atoms with E-state index >= 15 is 0 Å². The van der Waals surface area contributed by atoms with E-state index in [0.29, 0.717) is 0 Å². The molecule has 2 heterocycles. The SMILES string of the molecule is BrCCCCCCc1cccc2[nH]c(-c3ccccn3)nc12. The number of rotatable bonds is 7. The van der Waals surface area contributed by atoms with Crippen LogP contribution in [0.4, 0.5) is 0 Å². The number of imidazole rings is 1. The zero-order valence-electron chi connectivity index (χ0n) is 12.6. The Morgan fingerprint density at radius 1 is 0.955 bits per heavy atom. The van der Waals surface area contributed by atoms with Crippen molar-refractivity contribution in [3.8, 4) is 11.5 Å². The molecule has 0 amide bonds. The fourth-order valence-corrected chi connectivity index (χ4v) is 3.08. The smallest absolute Gasteiger partial charge is 0.157 e. The average molecular weight is 358 g/mol. The number of aromatic nitrogens is 3. The Bertz CT molecular complexity index is 722. The van der Waals surface area contributed by atoms with Crippen LogP contribution in [0.5, 0.6) is 0 Å².